The first kappa shape index (κ1) is 19.5. The molecule has 0 fully saturated rings. The van der Waals surface area contributed by atoms with Gasteiger partial charge in [-0.05, 0) is 25.0 Å². The Morgan fingerprint density at radius 3 is 2.78 bits per heavy atom. The van der Waals surface area contributed by atoms with Crippen molar-refractivity contribution >= 4 is 27.4 Å². The van der Waals surface area contributed by atoms with Crippen LogP contribution in [0.5, 0.6) is 5.75 Å². The predicted octanol–water partition coefficient (Wildman–Crippen LogP) is 5.16. The number of alkyl halides is 3. The molecule has 0 bridgehead atoms. The maximum atomic E-state index is 13.0. The van der Waals surface area contributed by atoms with Crippen molar-refractivity contribution in [3.8, 4) is 5.75 Å². The summed E-state index contributed by atoms with van der Waals surface area (Å²) in [6.45, 7) is 3.16. The number of aryl methyl sites for hydroxylation is 1. The van der Waals surface area contributed by atoms with Gasteiger partial charge in [-0.2, -0.15) is 13.2 Å². The van der Waals surface area contributed by atoms with E-state index in [4.69, 9.17) is 9.26 Å². The van der Waals surface area contributed by atoms with Crippen LogP contribution in [0.4, 0.5) is 18.3 Å². The first-order valence-corrected chi connectivity index (χ1v) is 9.51. The highest BCUT2D eigenvalue weighted by Gasteiger charge is 2.37. The van der Waals surface area contributed by atoms with Crippen LogP contribution in [0.2, 0.25) is 0 Å². The predicted molar refractivity (Wildman–Crippen MR) is 98.5 cm³/mol. The quantitative estimate of drug-likeness (QED) is 0.490. The lowest BCUT2D eigenvalue weighted by Gasteiger charge is -2.16. The van der Waals surface area contributed by atoms with E-state index in [9.17, 15) is 13.2 Å². The summed E-state index contributed by atoms with van der Waals surface area (Å²) in [5, 5.41) is 6.06. The van der Waals surface area contributed by atoms with Gasteiger partial charge in [0.05, 0.1) is 12.0 Å². The Labute approximate surface area is 158 Å². The smallest absolute Gasteiger partial charge is 0.437 e. The highest BCUT2D eigenvalue weighted by Crippen LogP contribution is 2.38. The molecule has 2 heterocycles. The fourth-order valence-electron chi connectivity index (χ4n) is 2.85. The molecule has 0 spiro atoms. The van der Waals surface area contributed by atoms with Crippen molar-refractivity contribution in [1.29, 1.82) is 0 Å². The van der Waals surface area contributed by atoms with Crippen LogP contribution in [0.25, 0.3) is 11.0 Å². The molecule has 0 saturated heterocycles. The average molecular weight is 399 g/mol. The second-order valence-electron chi connectivity index (χ2n) is 6.14. The first-order valence-electron chi connectivity index (χ1n) is 8.63. The van der Waals surface area contributed by atoms with Gasteiger partial charge in [-0.1, -0.05) is 18.5 Å². The number of nitrogens with zero attached hydrogens (tertiary/aromatic N) is 3. The van der Waals surface area contributed by atoms with Crippen LogP contribution in [0.3, 0.4) is 0 Å². The summed E-state index contributed by atoms with van der Waals surface area (Å²) in [5.41, 5.74) is -0.209. The fraction of sp³-hybridized carbons (Fsp3) is 0.444. The van der Waals surface area contributed by atoms with E-state index in [0.29, 0.717) is 24.3 Å². The molecule has 0 aliphatic rings. The van der Waals surface area contributed by atoms with Crippen molar-refractivity contribution in [2.24, 2.45) is 0 Å². The Morgan fingerprint density at radius 1 is 1.30 bits per heavy atom. The minimum Gasteiger partial charge on any atom is -0.493 e. The third-order valence-corrected chi connectivity index (χ3v) is 5.00. The maximum Gasteiger partial charge on any atom is 0.437 e. The van der Waals surface area contributed by atoms with E-state index in [1.54, 1.807) is 23.6 Å². The van der Waals surface area contributed by atoms with Crippen LogP contribution in [-0.2, 0) is 12.6 Å². The monoisotopic (exact) mass is 399 g/mol. The summed E-state index contributed by atoms with van der Waals surface area (Å²) >= 11 is 1.56. The second-order valence-corrected chi connectivity index (χ2v) is 7.01. The van der Waals surface area contributed by atoms with Gasteiger partial charge in [0.1, 0.15) is 5.75 Å². The Bertz CT molecular complexity index is 878. The van der Waals surface area contributed by atoms with Gasteiger partial charge >= 0.3 is 6.18 Å². The molecule has 0 radical (unpaired) electrons. The van der Waals surface area contributed by atoms with E-state index in [1.165, 1.54) is 6.07 Å². The third kappa shape index (κ3) is 4.35. The zero-order valence-corrected chi connectivity index (χ0v) is 15.9. The molecule has 9 heteroatoms. The second kappa shape index (κ2) is 8.16. The van der Waals surface area contributed by atoms with E-state index < -0.39 is 11.9 Å². The van der Waals surface area contributed by atoms with Crippen LogP contribution in [0.1, 0.15) is 31.0 Å². The number of halogens is 3. The minimum atomic E-state index is -4.54. The summed E-state index contributed by atoms with van der Waals surface area (Å²) in [5.74, 6) is 0.547. The van der Waals surface area contributed by atoms with Gasteiger partial charge in [-0.25, -0.2) is 4.98 Å². The molecule has 0 atom stereocenters. The summed E-state index contributed by atoms with van der Waals surface area (Å²) in [7, 11) is 1.96. The Hall–Kier alpha value is -2.29. The minimum absolute atomic E-state index is 0.0261. The molecule has 0 N–H and O–H groups in total. The Balaban J connectivity index is 1.71. The Kier molecular flexibility index (Phi) is 5.88. The third-order valence-electron chi connectivity index (χ3n) is 4.11. The van der Waals surface area contributed by atoms with Crippen LogP contribution >= 0.6 is 11.3 Å². The Morgan fingerprint density at radius 2 is 2.11 bits per heavy atom. The van der Waals surface area contributed by atoms with E-state index in [-0.39, 0.29) is 11.0 Å². The number of anilines is 1. The topological polar surface area (TPSA) is 51.4 Å². The summed E-state index contributed by atoms with van der Waals surface area (Å²) in [6.07, 6.45) is -0.726. The SMILES string of the molecule is CCCc1c(OCCCN(C)c2nccs2)ccc2c(C(F)(F)F)noc12. The summed E-state index contributed by atoms with van der Waals surface area (Å²) in [6, 6.07) is 2.94. The zero-order valence-electron chi connectivity index (χ0n) is 15.0. The average Bonchev–Trinajstić information content (AvgIpc) is 3.29. The molecule has 27 heavy (non-hydrogen) atoms. The van der Waals surface area contributed by atoms with Gasteiger partial charge in [0.15, 0.2) is 16.4 Å². The van der Waals surface area contributed by atoms with Gasteiger partial charge in [0.2, 0.25) is 0 Å². The van der Waals surface area contributed by atoms with E-state index in [1.807, 2.05) is 24.3 Å². The number of hydrogen-bond acceptors (Lipinski definition) is 6. The molecule has 0 unspecified atom stereocenters. The molecule has 0 aliphatic heterocycles. The normalized spacial score (nSPS) is 11.9. The molecule has 1 aromatic carbocycles. The summed E-state index contributed by atoms with van der Waals surface area (Å²) < 4.78 is 50.0. The van der Waals surface area contributed by atoms with Crippen LogP contribution in [0, 0.1) is 0 Å². The number of aromatic nitrogens is 2. The van der Waals surface area contributed by atoms with Crippen molar-refractivity contribution in [2.75, 3.05) is 25.1 Å². The molecule has 0 aliphatic carbocycles. The fourth-order valence-corrected chi connectivity index (χ4v) is 3.49. The van der Waals surface area contributed by atoms with Gasteiger partial charge in [0.25, 0.3) is 0 Å². The molecule has 0 amide bonds. The van der Waals surface area contributed by atoms with Gasteiger partial charge in [-0.3, -0.25) is 0 Å². The standard InChI is InChI=1S/C18H20F3N3O2S/c1-3-5-12-14(25-10-4-9-24(2)17-22-8-11-27-17)7-6-13-15(12)26-23-16(13)18(19,20)21/h6-8,11H,3-5,9-10H2,1-2H3. The number of rotatable bonds is 8. The van der Waals surface area contributed by atoms with Crippen molar-refractivity contribution in [1.82, 2.24) is 10.1 Å². The van der Waals surface area contributed by atoms with Gasteiger partial charge in [-0.15, -0.1) is 11.3 Å². The summed E-state index contributed by atoms with van der Waals surface area (Å²) in [4.78, 5) is 6.28. The molecule has 146 valence electrons. The molecule has 3 rings (SSSR count). The first-order chi connectivity index (χ1) is 12.9. The molecule has 3 aromatic rings. The van der Waals surface area contributed by atoms with Crippen molar-refractivity contribution in [3.63, 3.8) is 0 Å². The van der Waals surface area contributed by atoms with E-state index >= 15 is 0 Å². The zero-order chi connectivity index (χ0) is 19.4. The van der Waals surface area contributed by atoms with Gasteiger partial charge < -0.3 is 14.2 Å². The van der Waals surface area contributed by atoms with Crippen LogP contribution in [-0.4, -0.2) is 30.3 Å². The van der Waals surface area contributed by atoms with Crippen molar-refractivity contribution in [3.05, 3.63) is 35.0 Å². The highest BCUT2D eigenvalue weighted by atomic mass is 32.1. The lowest BCUT2D eigenvalue weighted by Crippen LogP contribution is -2.20. The van der Waals surface area contributed by atoms with Crippen molar-refractivity contribution < 1.29 is 22.4 Å². The largest absolute Gasteiger partial charge is 0.493 e. The molecule has 2 aromatic heterocycles. The maximum absolute atomic E-state index is 13.0. The lowest BCUT2D eigenvalue weighted by atomic mass is 10.0. The van der Waals surface area contributed by atoms with Crippen LogP contribution < -0.4 is 9.64 Å². The van der Waals surface area contributed by atoms with Gasteiger partial charge in [0, 0.05) is 30.7 Å². The van der Waals surface area contributed by atoms with Crippen molar-refractivity contribution in [2.45, 2.75) is 32.4 Å². The number of benzene rings is 1. The number of fused-ring (bicyclic) bond motifs is 1. The number of thiazole rings is 1. The molecule has 0 saturated carbocycles. The molecular weight excluding hydrogens is 379 g/mol. The molecule has 5 nitrogen and oxygen atoms in total. The number of hydrogen-bond donors (Lipinski definition) is 0. The highest BCUT2D eigenvalue weighted by molar-refractivity contribution is 7.13. The number of ether oxygens (including phenoxy) is 1. The van der Waals surface area contributed by atoms with E-state index in [0.717, 1.165) is 24.5 Å². The molecular formula is C18H20F3N3O2S. The lowest BCUT2D eigenvalue weighted by molar-refractivity contribution is -0.141. The van der Waals surface area contributed by atoms with E-state index in [2.05, 4.69) is 10.1 Å². The van der Waals surface area contributed by atoms with Crippen LogP contribution in [0.15, 0.2) is 28.2 Å².